The van der Waals surface area contributed by atoms with E-state index in [0.717, 1.165) is 0 Å². The minimum atomic E-state index is -0.761. The van der Waals surface area contributed by atoms with Gasteiger partial charge in [0.2, 0.25) is 0 Å². The van der Waals surface area contributed by atoms with E-state index in [1.807, 2.05) is 33.8 Å². The molecule has 0 saturated carbocycles. The molecule has 3 aliphatic rings. The fourth-order valence-corrected chi connectivity index (χ4v) is 3.74. The molecule has 3 saturated heterocycles. The summed E-state index contributed by atoms with van der Waals surface area (Å²) in [5.41, 5.74) is -0.761. The van der Waals surface area contributed by atoms with Gasteiger partial charge in [-0.05, 0) is 34.1 Å². The van der Waals surface area contributed by atoms with Crippen LogP contribution in [0.15, 0.2) is 25.3 Å². The first-order valence-corrected chi connectivity index (χ1v) is 8.42. The van der Waals surface area contributed by atoms with Crippen molar-refractivity contribution >= 4 is 0 Å². The van der Waals surface area contributed by atoms with E-state index >= 15 is 0 Å². The van der Waals surface area contributed by atoms with Crippen LogP contribution >= 0.6 is 0 Å². The van der Waals surface area contributed by atoms with Gasteiger partial charge in [0.1, 0.15) is 23.9 Å². The van der Waals surface area contributed by atoms with Crippen molar-refractivity contribution < 1.29 is 28.4 Å². The van der Waals surface area contributed by atoms with Crippen LogP contribution in [0.4, 0.5) is 0 Å². The van der Waals surface area contributed by atoms with Crippen LogP contribution in [0.2, 0.25) is 0 Å². The maximum atomic E-state index is 6.23. The highest BCUT2D eigenvalue weighted by Gasteiger charge is 2.66. The van der Waals surface area contributed by atoms with E-state index in [9.17, 15) is 0 Å². The van der Waals surface area contributed by atoms with Crippen LogP contribution in [0.5, 0.6) is 0 Å². The lowest BCUT2D eigenvalue weighted by Crippen LogP contribution is -2.55. The van der Waals surface area contributed by atoms with Crippen LogP contribution in [0.25, 0.3) is 0 Å². The molecule has 0 N–H and O–H groups in total. The van der Waals surface area contributed by atoms with Gasteiger partial charge in [-0.25, -0.2) is 0 Å². The van der Waals surface area contributed by atoms with Crippen LogP contribution in [0.1, 0.15) is 34.1 Å². The molecule has 0 aromatic heterocycles. The van der Waals surface area contributed by atoms with Crippen molar-refractivity contribution in [2.45, 2.75) is 75.9 Å². The first-order valence-electron chi connectivity index (χ1n) is 8.42. The topological polar surface area (TPSA) is 55.4 Å². The molecule has 6 nitrogen and oxygen atoms in total. The minimum Gasteiger partial charge on any atom is -0.365 e. The molecule has 0 amide bonds. The van der Waals surface area contributed by atoms with Crippen LogP contribution in [-0.2, 0) is 28.4 Å². The summed E-state index contributed by atoms with van der Waals surface area (Å²) in [7, 11) is 0. The average molecular weight is 340 g/mol. The first-order chi connectivity index (χ1) is 11.2. The van der Waals surface area contributed by atoms with Gasteiger partial charge >= 0.3 is 0 Å². The molecule has 0 radical (unpaired) electrons. The van der Waals surface area contributed by atoms with Crippen molar-refractivity contribution in [2.24, 2.45) is 0 Å². The van der Waals surface area contributed by atoms with E-state index in [4.69, 9.17) is 28.4 Å². The second kappa shape index (κ2) is 6.20. The zero-order valence-corrected chi connectivity index (χ0v) is 14.9. The largest absolute Gasteiger partial charge is 0.365 e. The highest BCUT2D eigenvalue weighted by atomic mass is 16.9. The molecule has 3 aliphatic heterocycles. The third-order valence-electron chi connectivity index (χ3n) is 4.60. The van der Waals surface area contributed by atoms with Gasteiger partial charge in [0, 0.05) is 0 Å². The monoisotopic (exact) mass is 340 g/mol. The van der Waals surface area contributed by atoms with E-state index in [-0.39, 0.29) is 18.3 Å². The molecule has 3 fully saturated rings. The maximum Gasteiger partial charge on any atom is 0.190 e. The smallest absolute Gasteiger partial charge is 0.190 e. The Hall–Kier alpha value is -0.760. The Balaban J connectivity index is 1.92. The van der Waals surface area contributed by atoms with E-state index in [1.54, 1.807) is 6.08 Å². The molecule has 0 aromatic rings. The molecule has 3 heterocycles. The van der Waals surface area contributed by atoms with E-state index in [0.29, 0.717) is 19.6 Å². The lowest BCUT2D eigenvalue weighted by atomic mass is 9.85. The van der Waals surface area contributed by atoms with E-state index in [1.165, 1.54) is 0 Å². The predicted molar refractivity (Wildman–Crippen MR) is 87.3 cm³/mol. The standard InChI is InChI=1S/C18H28O6/c1-7-9-18(19-10-8-2)13(12-11-20-16(3,4)22-12)21-15-14(18)23-17(5,6)24-15/h7-8,12-15H,1-2,9-11H2,3-6H3/t12-,13?,14+,15-,18-/m1/s1. The Morgan fingerprint density at radius 1 is 1.00 bits per heavy atom. The predicted octanol–water partition coefficient (Wildman–Crippen LogP) is 2.53. The summed E-state index contributed by atoms with van der Waals surface area (Å²) in [6.07, 6.45) is 2.54. The first kappa shape index (κ1) is 18.0. The van der Waals surface area contributed by atoms with Crippen LogP contribution in [0, 0.1) is 0 Å². The number of rotatable bonds is 6. The van der Waals surface area contributed by atoms with Gasteiger partial charge in [0.05, 0.1) is 13.2 Å². The Kier molecular flexibility index (Phi) is 4.66. The summed E-state index contributed by atoms with van der Waals surface area (Å²) in [5.74, 6) is -1.37. The third kappa shape index (κ3) is 3.07. The minimum absolute atomic E-state index is 0.273. The summed E-state index contributed by atoms with van der Waals surface area (Å²) in [6, 6.07) is 0. The molecule has 5 atom stereocenters. The molecule has 0 aliphatic carbocycles. The number of ether oxygens (including phenoxy) is 6. The Labute approximate surface area is 143 Å². The van der Waals surface area contributed by atoms with Crippen molar-refractivity contribution in [3.8, 4) is 0 Å². The Morgan fingerprint density at radius 2 is 1.75 bits per heavy atom. The molecule has 6 heteroatoms. The fourth-order valence-electron chi connectivity index (χ4n) is 3.74. The molecule has 136 valence electrons. The van der Waals surface area contributed by atoms with Gasteiger partial charge in [-0.1, -0.05) is 12.2 Å². The quantitative estimate of drug-likeness (QED) is 0.693. The average Bonchev–Trinajstić information content (AvgIpc) is 3.07. The molecule has 3 rings (SSSR count). The van der Waals surface area contributed by atoms with Gasteiger partial charge in [-0.15, -0.1) is 13.2 Å². The van der Waals surface area contributed by atoms with Gasteiger partial charge in [-0.2, -0.15) is 0 Å². The highest BCUT2D eigenvalue weighted by Crippen LogP contribution is 2.49. The molecule has 0 aromatic carbocycles. The van der Waals surface area contributed by atoms with Gasteiger partial charge in [-0.3, -0.25) is 0 Å². The van der Waals surface area contributed by atoms with Crippen LogP contribution < -0.4 is 0 Å². The summed E-state index contributed by atoms with van der Waals surface area (Å²) >= 11 is 0. The second-order valence-corrected chi connectivity index (χ2v) is 7.40. The molecule has 0 spiro atoms. The SMILES string of the molecule is C=CCO[C@]1(CC=C)C([C@H]2COC(C)(C)O2)O[C@@H]2OC(C)(C)O[C@@H]21. The van der Waals surface area contributed by atoms with Crippen LogP contribution in [-0.4, -0.2) is 55.0 Å². The molecule has 24 heavy (non-hydrogen) atoms. The van der Waals surface area contributed by atoms with Crippen LogP contribution in [0.3, 0.4) is 0 Å². The maximum absolute atomic E-state index is 6.23. The van der Waals surface area contributed by atoms with Gasteiger partial charge < -0.3 is 28.4 Å². The molecular weight excluding hydrogens is 312 g/mol. The lowest BCUT2D eigenvalue weighted by molar-refractivity contribution is -0.253. The zero-order chi connectivity index (χ0) is 17.6. The normalized spacial score (nSPS) is 42.8. The van der Waals surface area contributed by atoms with Crippen molar-refractivity contribution in [2.75, 3.05) is 13.2 Å². The Morgan fingerprint density at radius 3 is 2.33 bits per heavy atom. The number of hydrogen-bond donors (Lipinski definition) is 0. The number of fused-ring (bicyclic) bond motifs is 1. The van der Waals surface area contributed by atoms with Crippen molar-refractivity contribution in [1.29, 1.82) is 0 Å². The number of hydrogen-bond acceptors (Lipinski definition) is 6. The zero-order valence-electron chi connectivity index (χ0n) is 14.9. The Bertz CT molecular complexity index is 502. The molecule has 1 unspecified atom stereocenters. The summed E-state index contributed by atoms with van der Waals surface area (Å²) < 4.78 is 36.2. The van der Waals surface area contributed by atoms with Crippen molar-refractivity contribution in [3.63, 3.8) is 0 Å². The van der Waals surface area contributed by atoms with Crippen molar-refractivity contribution in [1.82, 2.24) is 0 Å². The second-order valence-electron chi connectivity index (χ2n) is 7.40. The van der Waals surface area contributed by atoms with E-state index in [2.05, 4.69) is 13.2 Å². The van der Waals surface area contributed by atoms with E-state index < -0.39 is 23.5 Å². The summed E-state index contributed by atoms with van der Waals surface area (Å²) in [4.78, 5) is 0. The summed E-state index contributed by atoms with van der Waals surface area (Å²) in [6.45, 7) is 16.0. The van der Waals surface area contributed by atoms with Crippen molar-refractivity contribution in [3.05, 3.63) is 25.3 Å². The highest BCUT2D eigenvalue weighted by molar-refractivity contribution is 5.12. The molecular formula is C18H28O6. The lowest BCUT2D eigenvalue weighted by Gasteiger charge is -2.39. The third-order valence-corrected chi connectivity index (χ3v) is 4.60. The fraction of sp³-hybridized carbons (Fsp3) is 0.778. The van der Waals surface area contributed by atoms with Gasteiger partial charge in [0.25, 0.3) is 0 Å². The summed E-state index contributed by atoms with van der Waals surface area (Å²) in [5, 5.41) is 0. The molecule has 0 bridgehead atoms. The van der Waals surface area contributed by atoms with Gasteiger partial charge in [0.15, 0.2) is 17.9 Å².